The van der Waals surface area contributed by atoms with E-state index in [0.29, 0.717) is 17.9 Å². The minimum atomic E-state index is -0.368. The molecule has 1 aliphatic rings. The summed E-state index contributed by atoms with van der Waals surface area (Å²) in [6.45, 7) is 7.05. The summed E-state index contributed by atoms with van der Waals surface area (Å²) in [5.74, 6) is -0.368. The lowest BCUT2D eigenvalue weighted by atomic mass is 10.0. The minimum absolute atomic E-state index is 0.0900. The summed E-state index contributed by atoms with van der Waals surface area (Å²) in [7, 11) is 0. The number of esters is 1. The van der Waals surface area contributed by atoms with Gasteiger partial charge in [0.1, 0.15) is 6.33 Å². The predicted octanol–water partition coefficient (Wildman–Crippen LogP) is 3.95. The fourth-order valence-corrected chi connectivity index (χ4v) is 4.27. The van der Waals surface area contributed by atoms with Gasteiger partial charge in [-0.25, -0.2) is 18.8 Å². The molecule has 1 aliphatic heterocycles. The van der Waals surface area contributed by atoms with E-state index in [4.69, 9.17) is 4.74 Å². The molecule has 0 aliphatic carbocycles. The average Bonchev–Trinajstić information content (AvgIpc) is 3.21. The molecule has 0 N–H and O–H groups in total. The van der Waals surface area contributed by atoms with E-state index < -0.39 is 0 Å². The van der Waals surface area contributed by atoms with E-state index in [1.54, 1.807) is 42.2 Å². The Hall–Kier alpha value is -3.45. The number of carbonyl (C=O) groups is 1. The Kier molecular flexibility index (Phi) is 7.19. The van der Waals surface area contributed by atoms with Crippen LogP contribution in [0.1, 0.15) is 48.7 Å². The number of hydrogen-bond donors (Lipinski definition) is 0. The molecule has 7 heteroatoms. The first-order chi connectivity index (χ1) is 16.0. The second kappa shape index (κ2) is 10.4. The number of benzene rings is 2. The Morgan fingerprint density at radius 2 is 1.79 bits per heavy atom. The van der Waals surface area contributed by atoms with E-state index >= 15 is 0 Å². The third kappa shape index (κ3) is 5.49. The SMILES string of the molecule is CCOC(=O)c1ccc(-n2cnn(C3CCN(C/C(C)=C/c4ccccc4)CC3)c2=O)cc1. The third-order valence-electron chi connectivity index (χ3n) is 5.94. The Balaban J connectivity index is 1.37. The number of carbonyl (C=O) groups excluding carboxylic acids is 1. The summed E-state index contributed by atoms with van der Waals surface area (Å²) in [5.41, 5.74) is 3.53. The van der Waals surface area contributed by atoms with Gasteiger partial charge in [0.25, 0.3) is 0 Å². The first-order valence-corrected chi connectivity index (χ1v) is 11.4. The van der Waals surface area contributed by atoms with Crippen LogP contribution in [0.3, 0.4) is 0 Å². The first kappa shape index (κ1) is 22.7. The van der Waals surface area contributed by atoms with Gasteiger partial charge < -0.3 is 4.74 Å². The highest BCUT2D eigenvalue weighted by atomic mass is 16.5. The Labute approximate surface area is 193 Å². The molecule has 0 spiro atoms. The molecule has 33 heavy (non-hydrogen) atoms. The van der Waals surface area contributed by atoms with Crippen molar-refractivity contribution in [3.63, 3.8) is 0 Å². The van der Waals surface area contributed by atoms with Crippen LogP contribution in [0.4, 0.5) is 0 Å². The monoisotopic (exact) mass is 446 g/mol. The molecule has 3 aromatic rings. The van der Waals surface area contributed by atoms with Crippen LogP contribution in [0.15, 0.2) is 71.3 Å². The molecule has 7 nitrogen and oxygen atoms in total. The predicted molar refractivity (Wildman–Crippen MR) is 129 cm³/mol. The Morgan fingerprint density at radius 1 is 1.09 bits per heavy atom. The molecule has 1 saturated heterocycles. The maximum atomic E-state index is 13.0. The van der Waals surface area contributed by atoms with E-state index in [2.05, 4.69) is 47.3 Å². The molecule has 172 valence electrons. The summed E-state index contributed by atoms with van der Waals surface area (Å²) in [6.07, 6.45) is 5.56. The van der Waals surface area contributed by atoms with E-state index in [1.165, 1.54) is 15.7 Å². The second-order valence-electron chi connectivity index (χ2n) is 8.40. The lowest BCUT2D eigenvalue weighted by Gasteiger charge is -2.31. The molecule has 0 saturated carbocycles. The molecule has 0 unspecified atom stereocenters. The van der Waals surface area contributed by atoms with Crippen molar-refractivity contribution < 1.29 is 9.53 Å². The lowest BCUT2D eigenvalue weighted by Crippen LogP contribution is -2.38. The van der Waals surface area contributed by atoms with E-state index in [0.717, 1.165) is 32.5 Å². The van der Waals surface area contributed by atoms with Crippen molar-refractivity contribution in [1.29, 1.82) is 0 Å². The van der Waals surface area contributed by atoms with Crippen LogP contribution in [-0.4, -0.2) is 51.5 Å². The van der Waals surface area contributed by atoms with Crippen LogP contribution < -0.4 is 5.69 Å². The van der Waals surface area contributed by atoms with Gasteiger partial charge in [0.2, 0.25) is 0 Å². The zero-order chi connectivity index (χ0) is 23.2. The molecule has 0 bridgehead atoms. The van der Waals surface area contributed by atoms with E-state index in [-0.39, 0.29) is 17.7 Å². The van der Waals surface area contributed by atoms with Crippen LogP contribution in [0.25, 0.3) is 11.8 Å². The fraction of sp³-hybridized carbons (Fsp3) is 0.346. The van der Waals surface area contributed by atoms with Crippen molar-refractivity contribution in [3.8, 4) is 5.69 Å². The highest BCUT2D eigenvalue weighted by Crippen LogP contribution is 2.21. The highest BCUT2D eigenvalue weighted by molar-refractivity contribution is 5.89. The van der Waals surface area contributed by atoms with Gasteiger partial charge in [-0.1, -0.05) is 42.0 Å². The Morgan fingerprint density at radius 3 is 2.45 bits per heavy atom. The van der Waals surface area contributed by atoms with Gasteiger partial charge in [-0.2, -0.15) is 5.10 Å². The van der Waals surface area contributed by atoms with Crippen molar-refractivity contribution in [2.75, 3.05) is 26.2 Å². The molecule has 2 aromatic carbocycles. The summed E-state index contributed by atoms with van der Waals surface area (Å²) in [5, 5.41) is 4.39. The minimum Gasteiger partial charge on any atom is -0.462 e. The number of rotatable bonds is 7. The van der Waals surface area contributed by atoms with Crippen molar-refractivity contribution in [2.24, 2.45) is 0 Å². The van der Waals surface area contributed by atoms with Crippen LogP contribution in [0, 0.1) is 0 Å². The number of nitrogens with zero attached hydrogens (tertiary/aromatic N) is 4. The Bertz CT molecular complexity index is 1150. The average molecular weight is 447 g/mol. The van der Waals surface area contributed by atoms with Gasteiger partial charge in [0.15, 0.2) is 0 Å². The molecule has 0 radical (unpaired) electrons. The number of hydrogen-bond acceptors (Lipinski definition) is 5. The standard InChI is InChI=1S/C26H30N4O3/c1-3-33-25(31)22-9-11-23(12-10-22)29-19-27-30(26(29)32)24-13-15-28(16-14-24)18-20(2)17-21-7-5-4-6-8-21/h4-12,17,19,24H,3,13-16,18H2,1-2H3/b20-17+. The zero-order valence-corrected chi connectivity index (χ0v) is 19.2. The van der Waals surface area contributed by atoms with Gasteiger partial charge >= 0.3 is 11.7 Å². The second-order valence-corrected chi connectivity index (χ2v) is 8.40. The number of ether oxygens (including phenoxy) is 1. The van der Waals surface area contributed by atoms with Crippen LogP contribution in [-0.2, 0) is 4.74 Å². The van der Waals surface area contributed by atoms with Gasteiger partial charge in [-0.15, -0.1) is 0 Å². The molecule has 1 fully saturated rings. The van der Waals surface area contributed by atoms with E-state index in [9.17, 15) is 9.59 Å². The maximum Gasteiger partial charge on any atom is 0.350 e. The van der Waals surface area contributed by atoms with Crippen molar-refractivity contribution in [2.45, 2.75) is 32.7 Å². The van der Waals surface area contributed by atoms with Crippen molar-refractivity contribution >= 4 is 12.0 Å². The molecule has 4 rings (SSSR count). The van der Waals surface area contributed by atoms with Crippen molar-refractivity contribution in [3.05, 3.63) is 88.1 Å². The highest BCUT2D eigenvalue weighted by Gasteiger charge is 2.23. The molecule has 1 aromatic heterocycles. The molecular weight excluding hydrogens is 416 g/mol. The first-order valence-electron chi connectivity index (χ1n) is 11.4. The van der Waals surface area contributed by atoms with Gasteiger partial charge in [0, 0.05) is 19.6 Å². The van der Waals surface area contributed by atoms with Crippen LogP contribution in [0.2, 0.25) is 0 Å². The third-order valence-corrected chi connectivity index (χ3v) is 5.94. The zero-order valence-electron chi connectivity index (χ0n) is 19.2. The van der Waals surface area contributed by atoms with Crippen molar-refractivity contribution in [1.82, 2.24) is 19.2 Å². The molecular formula is C26H30N4O3. The normalized spacial score (nSPS) is 15.5. The topological polar surface area (TPSA) is 69.4 Å². The van der Waals surface area contributed by atoms with Gasteiger partial charge in [-0.05, 0) is 56.5 Å². The molecule has 0 amide bonds. The van der Waals surface area contributed by atoms with E-state index in [1.807, 2.05) is 6.07 Å². The quantitative estimate of drug-likeness (QED) is 0.514. The smallest absolute Gasteiger partial charge is 0.350 e. The number of aromatic nitrogens is 3. The maximum absolute atomic E-state index is 13.0. The fourth-order valence-electron chi connectivity index (χ4n) is 4.27. The lowest BCUT2D eigenvalue weighted by molar-refractivity contribution is 0.0526. The van der Waals surface area contributed by atoms with Gasteiger partial charge in [-0.3, -0.25) is 4.90 Å². The number of likely N-dealkylation sites (tertiary alicyclic amines) is 1. The summed E-state index contributed by atoms with van der Waals surface area (Å²) < 4.78 is 8.13. The van der Waals surface area contributed by atoms with Crippen LogP contribution >= 0.6 is 0 Å². The van der Waals surface area contributed by atoms with Gasteiger partial charge in [0.05, 0.1) is 23.9 Å². The summed E-state index contributed by atoms with van der Waals surface area (Å²) in [4.78, 5) is 27.3. The summed E-state index contributed by atoms with van der Waals surface area (Å²) in [6, 6.07) is 17.3. The van der Waals surface area contributed by atoms with Crippen LogP contribution in [0.5, 0.6) is 0 Å². The largest absolute Gasteiger partial charge is 0.462 e. The number of piperidine rings is 1. The summed E-state index contributed by atoms with van der Waals surface area (Å²) >= 11 is 0. The molecule has 2 heterocycles. The molecule has 0 atom stereocenters.